The molecule has 1 aliphatic heterocycles. The van der Waals surface area contributed by atoms with E-state index in [-0.39, 0.29) is 11.9 Å². The summed E-state index contributed by atoms with van der Waals surface area (Å²) < 4.78 is 0. The van der Waals surface area contributed by atoms with Gasteiger partial charge in [0.05, 0.1) is 11.0 Å². The monoisotopic (exact) mass is 239 g/mol. The van der Waals surface area contributed by atoms with E-state index in [1.807, 2.05) is 16.5 Å². The maximum absolute atomic E-state index is 11.7. The Hall–Kier alpha value is -0.940. The molecule has 88 valence electrons. The SMILES string of the molecule is C[C@@H](N)C(=O)N1CCC(c2nccs2)CC1. The Morgan fingerprint density at radius 1 is 1.62 bits per heavy atom. The molecule has 4 nitrogen and oxygen atoms in total. The van der Waals surface area contributed by atoms with Crippen molar-refractivity contribution in [1.82, 2.24) is 9.88 Å². The van der Waals surface area contributed by atoms with E-state index >= 15 is 0 Å². The minimum atomic E-state index is -0.378. The van der Waals surface area contributed by atoms with Gasteiger partial charge in [-0.1, -0.05) is 0 Å². The minimum absolute atomic E-state index is 0.0672. The third-order valence-corrected chi connectivity index (χ3v) is 3.93. The Kier molecular flexibility index (Phi) is 3.56. The van der Waals surface area contributed by atoms with Crippen LogP contribution in [0.1, 0.15) is 30.7 Å². The first-order valence-electron chi connectivity index (χ1n) is 5.62. The Morgan fingerprint density at radius 2 is 2.31 bits per heavy atom. The van der Waals surface area contributed by atoms with Gasteiger partial charge in [-0.3, -0.25) is 4.79 Å². The molecule has 1 saturated heterocycles. The predicted octanol–water partition coefficient (Wildman–Crippen LogP) is 1.20. The third kappa shape index (κ3) is 2.41. The summed E-state index contributed by atoms with van der Waals surface area (Å²) in [4.78, 5) is 17.9. The fraction of sp³-hybridized carbons (Fsp3) is 0.636. The second-order valence-electron chi connectivity index (χ2n) is 4.26. The second kappa shape index (κ2) is 4.93. The van der Waals surface area contributed by atoms with Gasteiger partial charge in [0, 0.05) is 30.6 Å². The zero-order valence-corrected chi connectivity index (χ0v) is 10.2. The summed E-state index contributed by atoms with van der Waals surface area (Å²) in [5.74, 6) is 0.592. The van der Waals surface area contributed by atoms with Gasteiger partial charge in [-0.2, -0.15) is 0 Å². The van der Waals surface area contributed by atoms with E-state index in [0.29, 0.717) is 5.92 Å². The second-order valence-corrected chi connectivity index (χ2v) is 5.18. The van der Waals surface area contributed by atoms with Gasteiger partial charge < -0.3 is 10.6 Å². The molecule has 1 amide bonds. The van der Waals surface area contributed by atoms with Crippen molar-refractivity contribution in [3.05, 3.63) is 16.6 Å². The van der Waals surface area contributed by atoms with Crippen LogP contribution in [-0.2, 0) is 4.79 Å². The maximum Gasteiger partial charge on any atom is 0.239 e. The zero-order chi connectivity index (χ0) is 11.5. The molecule has 1 atom stereocenters. The van der Waals surface area contributed by atoms with Gasteiger partial charge in [0.2, 0.25) is 5.91 Å². The molecule has 0 saturated carbocycles. The number of amides is 1. The lowest BCUT2D eigenvalue weighted by atomic mass is 9.97. The van der Waals surface area contributed by atoms with Crippen LogP contribution in [0.25, 0.3) is 0 Å². The van der Waals surface area contributed by atoms with Crippen LogP contribution < -0.4 is 5.73 Å². The number of thiazole rings is 1. The number of hydrogen-bond acceptors (Lipinski definition) is 4. The molecule has 0 aliphatic carbocycles. The molecule has 5 heteroatoms. The number of piperidine rings is 1. The van der Waals surface area contributed by atoms with Gasteiger partial charge in [-0.25, -0.2) is 4.98 Å². The highest BCUT2D eigenvalue weighted by Gasteiger charge is 2.26. The number of likely N-dealkylation sites (tertiary alicyclic amines) is 1. The smallest absolute Gasteiger partial charge is 0.239 e. The van der Waals surface area contributed by atoms with Gasteiger partial charge in [-0.15, -0.1) is 11.3 Å². The van der Waals surface area contributed by atoms with Crippen molar-refractivity contribution >= 4 is 17.2 Å². The first kappa shape index (κ1) is 11.5. The summed E-state index contributed by atoms with van der Waals surface area (Å²) in [7, 11) is 0. The molecule has 0 unspecified atom stereocenters. The largest absolute Gasteiger partial charge is 0.341 e. The van der Waals surface area contributed by atoms with Gasteiger partial charge in [0.1, 0.15) is 0 Å². The summed E-state index contributed by atoms with van der Waals surface area (Å²) in [5, 5.41) is 3.21. The molecule has 2 N–H and O–H groups in total. The average molecular weight is 239 g/mol. The average Bonchev–Trinajstić information content (AvgIpc) is 2.81. The van der Waals surface area contributed by atoms with Crippen molar-refractivity contribution in [1.29, 1.82) is 0 Å². The van der Waals surface area contributed by atoms with Crippen molar-refractivity contribution < 1.29 is 4.79 Å². The lowest BCUT2D eigenvalue weighted by molar-refractivity contribution is -0.133. The van der Waals surface area contributed by atoms with Gasteiger partial charge in [-0.05, 0) is 19.8 Å². The van der Waals surface area contributed by atoms with Crippen LogP contribution in [0, 0.1) is 0 Å². The summed E-state index contributed by atoms with van der Waals surface area (Å²) in [6, 6.07) is -0.378. The maximum atomic E-state index is 11.7. The minimum Gasteiger partial charge on any atom is -0.341 e. The third-order valence-electron chi connectivity index (χ3n) is 3.00. The zero-order valence-electron chi connectivity index (χ0n) is 9.43. The molecular weight excluding hydrogens is 222 g/mol. The lowest BCUT2D eigenvalue weighted by Gasteiger charge is -2.32. The number of hydrogen-bond donors (Lipinski definition) is 1. The molecule has 0 spiro atoms. The van der Waals surface area contributed by atoms with Crippen molar-refractivity contribution in [3.63, 3.8) is 0 Å². The first-order valence-corrected chi connectivity index (χ1v) is 6.50. The predicted molar refractivity (Wildman–Crippen MR) is 64.3 cm³/mol. The van der Waals surface area contributed by atoms with E-state index in [9.17, 15) is 4.79 Å². The summed E-state index contributed by atoms with van der Waals surface area (Å²) in [6.45, 7) is 3.37. The molecular formula is C11H17N3OS. The van der Waals surface area contributed by atoms with Crippen LogP contribution in [0.4, 0.5) is 0 Å². The molecule has 2 heterocycles. The van der Waals surface area contributed by atoms with Crippen molar-refractivity contribution in [2.24, 2.45) is 5.73 Å². The Bertz CT molecular complexity index is 342. The topological polar surface area (TPSA) is 59.2 Å². The van der Waals surface area contributed by atoms with Crippen LogP contribution in [0.2, 0.25) is 0 Å². The first-order chi connectivity index (χ1) is 7.68. The molecule has 0 aromatic carbocycles. The number of carbonyl (C=O) groups excluding carboxylic acids is 1. The summed E-state index contributed by atoms with van der Waals surface area (Å²) >= 11 is 1.71. The number of aromatic nitrogens is 1. The van der Waals surface area contributed by atoms with Crippen LogP contribution >= 0.6 is 11.3 Å². The van der Waals surface area contributed by atoms with Crippen molar-refractivity contribution in [2.75, 3.05) is 13.1 Å². The Labute approximate surface area is 99.5 Å². The standard InChI is InChI=1S/C11H17N3OS/c1-8(12)11(15)14-5-2-9(3-6-14)10-13-4-7-16-10/h4,7-9H,2-3,5-6,12H2,1H3/t8-/m1/s1. The van der Waals surface area contributed by atoms with Crippen molar-refractivity contribution in [2.45, 2.75) is 31.7 Å². The number of nitrogens with zero attached hydrogens (tertiary/aromatic N) is 2. The van der Waals surface area contributed by atoms with E-state index in [2.05, 4.69) is 4.98 Å². The van der Waals surface area contributed by atoms with E-state index in [1.54, 1.807) is 18.3 Å². The normalized spacial score (nSPS) is 19.8. The number of carbonyl (C=O) groups is 1. The molecule has 2 rings (SSSR count). The number of rotatable bonds is 2. The quantitative estimate of drug-likeness (QED) is 0.843. The van der Waals surface area contributed by atoms with Gasteiger partial charge in [0.25, 0.3) is 0 Å². The van der Waals surface area contributed by atoms with E-state index in [4.69, 9.17) is 5.73 Å². The Balaban J connectivity index is 1.90. The van der Waals surface area contributed by atoms with Crippen LogP contribution in [0.5, 0.6) is 0 Å². The molecule has 1 aliphatic rings. The molecule has 1 fully saturated rings. The molecule has 16 heavy (non-hydrogen) atoms. The summed E-state index contributed by atoms with van der Waals surface area (Å²) in [5.41, 5.74) is 5.59. The van der Waals surface area contributed by atoms with E-state index < -0.39 is 0 Å². The lowest BCUT2D eigenvalue weighted by Crippen LogP contribution is -2.45. The highest BCUT2D eigenvalue weighted by atomic mass is 32.1. The highest BCUT2D eigenvalue weighted by molar-refractivity contribution is 7.09. The molecule has 1 aromatic heterocycles. The number of nitrogens with two attached hydrogens (primary N) is 1. The van der Waals surface area contributed by atoms with Gasteiger partial charge >= 0.3 is 0 Å². The molecule has 0 bridgehead atoms. The Morgan fingerprint density at radius 3 is 2.81 bits per heavy atom. The van der Waals surface area contributed by atoms with E-state index in [1.165, 1.54) is 5.01 Å². The van der Waals surface area contributed by atoms with E-state index in [0.717, 1.165) is 25.9 Å². The van der Waals surface area contributed by atoms with Crippen molar-refractivity contribution in [3.8, 4) is 0 Å². The fourth-order valence-corrected chi connectivity index (χ4v) is 2.88. The molecule has 0 radical (unpaired) electrons. The van der Waals surface area contributed by atoms with Crippen LogP contribution in [0.15, 0.2) is 11.6 Å². The highest BCUT2D eigenvalue weighted by Crippen LogP contribution is 2.29. The summed E-state index contributed by atoms with van der Waals surface area (Å²) in [6.07, 6.45) is 3.86. The van der Waals surface area contributed by atoms with Crippen LogP contribution in [0.3, 0.4) is 0 Å². The molecule has 1 aromatic rings. The fourth-order valence-electron chi connectivity index (χ4n) is 2.07. The van der Waals surface area contributed by atoms with Gasteiger partial charge in [0.15, 0.2) is 0 Å². The van der Waals surface area contributed by atoms with Crippen LogP contribution in [-0.4, -0.2) is 34.9 Å².